The molecule has 1 aromatic carbocycles. The molecule has 0 radical (unpaired) electrons. The molecule has 5 heteroatoms. The van der Waals surface area contributed by atoms with Crippen LogP contribution in [0.4, 0.5) is 15.8 Å². The number of hydrogen-bond donors (Lipinski definition) is 2. The van der Waals surface area contributed by atoms with Gasteiger partial charge in [-0.25, -0.2) is 4.39 Å². The topological polar surface area (TPSA) is 44.4 Å². The smallest absolute Gasteiger partial charge is 0.244 e. The van der Waals surface area contributed by atoms with E-state index < -0.39 is 5.54 Å². The van der Waals surface area contributed by atoms with Crippen molar-refractivity contribution < 1.29 is 9.18 Å². The van der Waals surface area contributed by atoms with Crippen LogP contribution in [-0.2, 0) is 4.79 Å². The Balaban J connectivity index is 2.08. The zero-order valence-electron chi connectivity index (χ0n) is 13.0. The second-order valence-corrected chi connectivity index (χ2v) is 5.97. The van der Waals surface area contributed by atoms with E-state index >= 15 is 0 Å². The van der Waals surface area contributed by atoms with Crippen molar-refractivity contribution >= 4 is 17.3 Å². The van der Waals surface area contributed by atoms with Gasteiger partial charge in [0, 0.05) is 18.8 Å². The summed E-state index contributed by atoms with van der Waals surface area (Å²) in [5.74, 6) is -0.450. The van der Waals surface area contributed by atoms with Crippen LogP contribution in [-0.4, -0.2) is 31.1 Å². The van der Waals surface area contributed by atoms with Crippen molar-refractivity contribution in [2.45, 2.75) is 39.2 Å². The van der Waals surface area contributed by atoms with Crippen LogP contribution in [0.1, 0.15) is 33.6 Å². The summed E-state index contributed by atoms with van der Waals surface area (Å²) in [6.07, 6.45) is 2.21. The largest absolute Gasteiger partial charge is 0.369 e. The van der Waals surface area contributed by atoms with Crippen LogP contribution in [0.3, 0.4) is 0 Å². The molecule has 0 unspecified atom stereocenters. The predicted molar refractivity (Wildman–Crippen MR) is 84.2 cm³/mol. The average Bonchev–Trinajstić information content (AvgIpc) is 2.92. The highest BCUT2D eigenvalue weighted by Gasteiger charge is 2.26. The van der Waals surface area contributed by atoms with Gasteiger partial charge in [-0.2, -0.15) is 0 Å². The number of carbonyl (C=O) groups excluding carboxylic acids is 1. The number of nitrogens with one attached hydrogen (secondary N) is 2. The van der Waals surface area contributed by atoms with Crippen molar-refractivity contribution in [1.82, 2.24) is 5.32 Å². The van der Waals surface area contributed by atoms with E-state index in [0.717, 1.165) is 25.9 Å². The first-order valence-corrected chi connectivity index (χ1v) is 7.55. The fourth-order valence-corrected chi connectivity index (χ4v) is 2.61. The van der Waals surface area contributed by atoms with Crippen molar-refractivity contribution in [2.24, 2.45) is 0 Å². The van der Waals surface area contributed by atoms with Gasteiger partial charge in [-0.1, -0.05) is 6.92 Å². The fraction of sp³-hybridized carbons (Fsp3) is 0.562. The number of nitrogens with zero attached hydrogens (tertiary/aromatic N) is 1. The van der Waals surface area contributed by atoms with E-state index in [1.54, 1.807) is 26.0 Å². The Morgan fingerprint density at radius 1 is 1.33 bits per heavy atom. The molecule has 0 atom stereocenters. The lowest BCUT2D eigenvalue weighted by molar-refractivity contribution is -0.121. The molecule has 0 bridgehead atoms. The molecule has 1 heterocycles. The maximum Gasteiger partial charge on any atom is 0.244 e. The van der Waals surface area contributed by atoms with Crippen molar-refractivity contribution in [3.63, 3.8) is 0 Å². The molecule has 1 aromatic rings. The van der Waals surface area contributed by atoms with Crippen LogP contribution in [0.15, 0.2) is 18.2 Å². The first-order chi connectivity index (χ1) is 9.94. The van der Waals surface area contributed by atoms with Crippen LogP contribution in [0.25, 0.3) is 0 Å². The number of likely N-dealkylation sites (N-methyl/N-ethyl adjacent to an activating group) is 1. The van der Waals surface area contributed by atoms with Crippen LogP contribution < -0.4 is 15.5 Å². The monoisotopic (exact) mass is 293 g/mol. The molecule has 1 aliphatic heterocycles. The van der Waals surface area contributed by atoms with E-state index in [4.69, 9.17) is 0 Å². The minimum absolute atomic E-state index is 0.169. The van der Waals surface area contributed by atoms with E-state index in [1.807, 2.05) is 11.8 Å². The van der Waals surface area contributed by atoms with Gasteiger partial charge in [0.1, 0.15) is 5.82 Å². The molecule has 4 nitrogen and oxygen atoms in total. The number of benzene rings is 1. The Hall–Kier alpha value is -1.62. The summed E-state index contributed by atoms with van der Waals surface area (Å²) in [4.78, 5) is 14.2. The molecule has 2 rings (SSSR count). The van der Waals surface area contributed by atoms with Gasteiger partial charge in [0.05, 0.1) is 11.2 Å². The molecular weight excluding hydrogens is 269 g/mol. The van der Waals surface area contributed by atoms with E-state index in [-0.39, 0.29) is 11.7 Å². The van der Waals surface area contributed by atoms with Crippen LogP contribution in [0.5, 0.6) is 0 Å². The molecule has 2 N–H and O–H groups in total. The van der Waals surface area contributed by atoms with Crippen molar-refractivity contribution in [3.05, 3.63) is 24.0 Å². The molecule has 21 heavy (non-hydrogen) atoms. The second kappa shape index (κ2) is 6.43. The Morgan fingerprint density at radius 3 is 2.57 bits per heavy atom. The molecule has 1 saturated heterocycles. The lowest BCUT2D eigenvalue weighted by Gasteiger charge is -2.25. The number of hydrogen-bond acceptors (Lipinski definition) is 3. The molecule has 0 aromatic heterocycles. The Morgan fingerprint density at radius 2 is 2.00 bits per heavy atom. The van der Waals surface area contributed by atoms with Gasteiger partial charge < -0.3 is 15.5 Å². The maximum atomic E-state index is 14.2. The van der Waals surface area contributed by atoms with Crippen LogP contribution >= 0.6 is 0 Å². The second-order valence-electron chi connectivity index (χ2n) is 5.97. The summed E-state index contributed by atoms with van der Waals surface area (Å²) in [5.41, 5.74) is 0.432. The zero-order valence-corrected chi connectivity index (χ0v) is 13.0. The molecule has 1 fully saturated rings. The highest BCUT2D eigenvalue weighted by molar-refractivity contribution is 5.97. The lowest BCUT2D eigenvalue weighted by atomic mass is 10.0. The van der Waals surface area contributed by atoms with Gasteiger partial charge in [-0.15, -0.1) is 0 Å². The number of amides is 1. The fourth-order valence-electron chi connectivity index (χ4n) is 2.61. The summed E-state index contributed by atoms with van der Waals surface area (Å²) in [6, 6.07) is 4.90. The van der Waals surface area contributed by atoms with E-state index in [0.29, 0.717) is 17.9 Å². The van der Waals surface area contributed by atoms with Gasteiger partial charge in [-0.05, 0) is 51.4 Å². The Bertz CT molecular complexity index is 510. The van der Waals surface area contributed by atoms with E-state index in [9.17, 15) is 9.18 Å². The summed E-state index contributed by atoms with van der Waals surface area (Å²) < 4.78 is 14.2. The first-order valence-electron chi connectivity index (χ1n) is 7.55. The van der Waals surface area contributed by atoms with Gasteiger partial charge in [0.2, 0.25) is 5.91 Å². The summed E-state index contributed by atoms with van der Waals surface area (Å²) in [5, 5.41) is 5.86. The van der Waals surface area contributed by atoms with Crippen LogP contribution in [0, 0.1) is 5.82 Å². The minimum Gasteiger partial charge on any atom is -0.369 e. The first kappa shape index (κ1) is 15.8. The van der Waals surface area contributed by atoms with Crippen molar-refractivity contribution in [1.29, 1.82) is 0 Å². The van der Waals surface area contributed by atoms with Gasteiger partial charge in [0.25, 0.3) is 0 Å². The third-order valence-electron chi connectivity index (χ3n) is 3.84. The molecule has 0 spiro atoms. The van der Waals surface area contributed by atoms with Crippen molar-refractivity contribution in [3.8, 4) is 0 Å². The summed E-state index contributed by atoms with van der Waals surface area (Å²) >= 11 is 0. The van der Waals surface area contributed by atoms with Crippen LogP contribution in [0.2, 0.25) is 0 Å². The normalized spacial score (nSPS) is 15.3. The number of carbonyl (C=O) groups is 1. The van der Waals surface area contributed by atoms with Crippen molar-refractivity contribution in [2.75, 3.05) is 29.9 Å². The van der Waals surface area contributed by atoms with E-state index in [2.05, 4.69) is 10.6 Å². The molecule has 1 aliphatic rings. The molecule has 0 saturated carbocycles. The number of halogens is 1. The third kappa shape index (κ3) is 3.73. The predicted octanol–water partition coefficient (Wildman–Crippen LogP) is 2.75. The van der Waals surface area contributed by atoms with Gasteiger partial charge in [-0.3, -0.25) is 4.79 Å². The Kier molecular flexibility index (Phi) is 4.83. The standard InChI is InChI=1S/C16H24FN3O/c1-4-18-16(2,3)15(21)19-12-7-8-14(13(17)11-12)20-9-5-6-10-20/h7-8,11,18H,4-6,9-10H2,1-3H3,(H,19,21). The quantitative estimate of drug-likeness (QED) is 0.877. The zero-order chi connectivity index (χ0) is 15.5. The number of rotatable bonds is 5. The van der Waals surface area contributed by atoms with Gasteiger partial charge >= 0.3 is 0 Å². The summed E-state index contributed by atoms with van der Waals surface area (Å²) in [7, 11) is 0. The third-order valence-corrected chi connectivity index (χ3v) is 3.84. The Labute approximate surface area is 125 Å². The van der Waals surface area contributed by atoms with E-state index in [1.165, 1.54) is 6.07 Å². The molecule has 1 amide bonds. The highest BCUT2D eigenvalue weighted by Crippen LogP contribution is 2.26. The highest BCUT2D eigenvalue weighted by atomic mass is 19.1. The average molecular weight is 293 g/mol. The number of anilines is 2. The summed E-state index contributed by atoms with van der Waals surface area (Å²) in [6.45, 7) is 8.05. The molecular formula is C16H24FN3O. The minimum atomic E-state index is -0.682. The molecule has 116 valence electrons. The SMILES string of the molecule is CCNC(C)(C)C(=O)Nc1ccc(N2CCCC2)c(F)c1. The molecule has 0 aliphatic carbocycles. The lowest BCUT2D eigenvalue weighted by Crippen LogP contribution is -2.49. The maximum absolute atomic E-state index is 14.2. The van der Waals surface area contributed by atoms with Gasteiger partial charge in [0.15, 0.2) is 0 Å².